The molecule has 0 bridgehead atoms. The summed E-state index contributed by atoms with van der Waals surface area (Å²) in [4.78, 5) is 23.8. The van der Waals surface area contributed by atoms with Crippen molar-refractivity contribution in [1.29, 1.82) is 0 Å². The Morgan fingerprint density at radius 2 is 1.96 bits per heavy atom. The summed E-state index contributed by atoms with van der Waals surface area (Å²) in [6, 6.07) is 0. The highest BCUT2D eigenvalue weighted by Gasteiger charge is 2.69. The van der Waals surface area contributed by atoms with E-state index in [1.54, 1.807) is 6.08 Å². The summed E-state index contributed by atoms with van der Waals surface area (Å²) in [5.41, 5.74) is 0.254. The minimum Gasteiger partial charge on any atom is -0.303 e. The van der Waals surface area contributed by atoms with Gasteiger partial charge in [-0.25, -0.2) is 4.39 Å². The number of carbonyl (C=O) groups excluding carboxylic acids is 2. The van der Waals surface area contributed by atoms with Crippen molar-refractivity contribution < 1.29 is 14.0 Å². The molecule has 0 amide bonds. The highest BCUT2D eigenvalue weighted by molar-refractivity contribution is 9.10. The second-order valence-electron chi connectivity index (χ2n) is 9.04. The molecule has 4 aliphatic carbocycles. The van der Waals surface area contributed by atoms with Gasteiger partial charge >= 0.3 is 0 Å². The van der Waals surface area contributed by atoms with Crippen molar-refractivity contribution in [2.45, 2.75) is 69.3 Å². The SMILES string of the molecule is C[C@]1(C=O)C[C@H](F)C2(Br)C(CCC3=CC(=O)CC[C@@]32C)C1C1CC1. The number of hydrogen-bond acceptors (Lipinski definition) is 2. The maximum atomic E-state index is 15.6. The lowest BCUT2D eigenvalue weighted by molar-refractivity contribution is -0.133. The van der Waals surface area contributed by atoms with Crippen LogP contribution in [0.1, 0.15) is 58.8 Å². The molecular formula is C20H26BrFO2. The largest absolute Gasteiger partial charge is 0.303 e. The quantitative estimate of drug-likeness (QED) is 0.496. The highest BCUT2D eigenvalue weighted by Crippen LogP contribution is 2.70. The molecular weight excluding hydrogens is 371 g/mol. The van der Waals surface area contributed by atoms with Gasteiger partial charge in [0.25, 0.3) is 0 Å². The van der Waals surface area contributed by atoms with Crippen LogP contribution in [-0.2, 0) is 9.59 Å². The fourth-order valence-corrected chi connectivity index (χ4v) is 7.40. The van der Waals surface area contributed by atoms with E-state index in [1.165, 1.54) is 12.8 Å². The number of fused-ring (bicyclic) bond motifs is 3. The van der Waals surface area contributed by atoms with Gasteiger partial charge in [-0.3, -0.25) is 4.79 Å². The first-order chi connectivity index (χ1) is 11.3. The molecule has 0 aromatic carbocycles. The summed E-state index contributed by atoms with van der Waals surface area (Å²) in [5, 5.41) is 0. The molecule has 0 aliphatic heterocycles. The number of hydrogen-bond donors (Lipinski definition) is 0. The van der Waals surface area contributed by atoms with Gasteiger partial charge in [0.05, 0.1) is 4.32 Å². The molecule has 24 heavy (non-hydrogen) atoms. The molecule has 4 heteroatoms. The van der Waals surface area contributed by atoms with E-state index in [0.29, 0.717) is 18.8 Å². The number of aldehydes is 1. The predicted octanol–water partition coefficient (Wildman–Crippen LogP) is 4.80. The number of ketones is 1. The van der Waals surface area contributed by atoms with Crippen LogP contribution in [0.4, 0.5) is 4.39 Å². The van der Waals surface area contributed by atoms with E-state index in [2.05, 4.69) is 22.9 Å². The minimum atomic E-state index is -1.06. The third-order valence-electron chi connectivity index (χ3n) is 7.69. The lowest BCUT2D eigenvalue weighted by Gasteiger charge is -2.63. The van der Waals surface area contributed by atoms with Crippen LogP contribution in [0, 0.1) is 28.6 Å². The molecule has 0 N–H and O–H groups in total. The summed E-state index contributed by atoms with van der Waals surface area (Å²) in [6.45, 7) is 4.12. The van der Waals surface area contributed by atoms with E-state index in [4.69, 9.17) is 0 Å². The topological polar surface area (TPSA) is 34.1 Å². The van der Waals surface area contributed by atoms with Crippen LogP contribution in [0.25, 0.3) is 0 Å². The molecule has 0 radical (unpaired) electrons. The lowest BCUT2D eigenvalue weighted by Crippen LogP contribution is -2.66. The van der Waals surface area contributed by atoms with Gasteiger partial charge in [-0.05, 0) is 62.4 Å². The summed E-state index contributed by atoms with van der Waals surface area (Å²) in [7, 11) is 0. The normalized spacial score (nSPS) is 51.4. The molecule has 0 heterocycles. The Morgan fingerprint density at radius 3 is 2.58 bits per heavy atom. The van der Waals surface area contributed by atoms with Crippen LogP contribution in [0.3, 0.4) is 0 Å². The molecule has 0 aromatic heterocycles. The molecule has 0 saturated heterocycles. The van der Waals surface area contributed by atoms with Crippen LogP contribution >= 0.6 is 15.9 Å². The molecule has 4 aliphatic rings. The zero-order valence-electron chi connectivity index (χ0n) is 14.5. The Balaban J connectivity index is 1.83. The lowest BCUT2D eigenvalue weighted by atomic mass is 9.45. The second kappa shape index (κ2) is 5.25. The maximum Gasteiger partial charge on any atom is 0.155 e. The van der Waals surface area contributed by atoms with Gasteiger partial charge in [0, 0.05) is 17.3 Å². The summed E-state index contributed by atoms with van der Waals surface area (Å²) in [5.74, 6) is 1.17. The van der Waals surface area contributed by atoms with Crippen molar-refractivity contribution in [3.8, 4) is 0 Å². The number of allylic oxidation sites excluding steroid dienone is 2. The smallest absolute Gasteiger partial charge is 0.155 e. The van der Waals surface area contributed by atoms with Crippen LogP contribution in [0.5, 0.6) is 0 Å². The second-order valence-corrected chi connectivity index (χ2v) is 10.4. The van der Waals surface area contributed by atoms with E-state index in [9.17, 15) is 9.59 Å². The van der Waals surface area contributed by atoms with E-state index >= 15 is 4.39 Å². The van der Waals surface area contributed by atoms with Crippen LogP contribution in [0.15, 0.2) is 11.6 Å². The first kappa shape index (κ1) is 16.9. The monoisotopic (exact) mass is 396 g/mol. The van der Waals surface area contributed by atoms with Crippen molar-refractivity contribution in [1.82, 2.24) is 0 Å². The Morgan fingerprint density at radius 1 is 1.25 bits per heavy atom. The van der Waals surface area contributed by atoms with E-state index in [-0.39, 0.29) is 23.0 Å². The van der Waals surface area contributed by atoms with Gasteiger partial charge in [-0.1, -0.05) is 35.4 Å². The first-order valence-electron chi connectivity index (χ1n) is 9.29. The number of alkyl halides is 2. The molecule has 4 rings (SSSR count). The zero-order chi connectivity index (χ0) is 17.3. The third kappa shape index (κ3) is 2.04. The van der Waals surface area contributed by atoms with Crippen molar-refractivity contribution in [2.24, 2.45) is 28.6 Å². The average Bonchev–Trinajstić information content (AvgIpc) is 3.36. The molecule has 0 aromatic rings. The van der Waals surface area contributed by atoms with Crippen molar-refractivity contribution >= 4 is 28.0 Å². The van der Waals surface area contributed by atoms with Gasteiger partial charge in [-0.2, -0.15) is 0 Å². The fraction of sp³-hybridized carbons (Fsp3) is 0.800. The van der Waals surface area contributed by atoms with Gasteiger partial charge in [0.15, 0.2) is 5.78 Å². The van der Waals surface area contributed by atoms with Gasteiger partial charge in [0.1, 0.15) is 12.5 Å². The summed E-state index contributed by atoms with van der Waals surface area (Å²) >= 11 is 3.93. The van der Waals surface area contributed by atoms with Crippen LogP contribution in [-0.4, -0.2) is 22.6 Å². The minimum absolute atomic E-state index is 0.166. The molecule has 3 unspecified atom stereocenters. The Bertz CT molecular complexity index is 627. The first-order valence-corrected chi connectivity index (χ1v) is 10.1. The van der Waals surface area contributed by atoms with Gasteiger partial charge < -0.3 is 4.79 Å². The van der Waals surface area contributed by atoms with E-state index in [1.807, 2.05) is 6.92 Å². The van der Waals surface area contributed by atoms with Crippen molar-refractivity contribution in [3.63, 3.8) is 0 Å². The molecule has 3 fully saturated rings. The summed E-state index contributed by atoms with van der Waals surface area (Å²) in [6.07, 6.45) is 7.37. The Labute approximate surface area is 151 Å². The average molecular weight is 397 g/mol. The maximum absolute atomic E-state index is 15.6. The Hall–Kier alpha value is -0.510. The Kier molecular flexibility index (Phi) is 3.70. The molecule has 2 nitrogen and oxygen atoms in total. The van der Waals surface area contributed by atoms with Crippen LogP contribution in [0.2, 0.25) is 0 Å². The highest BCUT2D eigenvalue weighted by atomic mass is 79.9. The number of halogens is 2. The van der Waals surface area contributed by atoms with Gasteiger partial charge in [0.2, 0.25) is 0 Å². The van der Waals surface area contributed by atoms with Crippen molar-refractivity contribution in [3.05, 3.63) is 11.6 Å². The van der Waals surface area contributed by atoms with Crippen molar-refractivity contribution in [2.75, 3.05) is 0 Å². The number of carbonyl (C=O) groups is 2. The molecule has 0 spiro atoms. The molecule has 3 saturated carbocycles. The van der Waals surface area contributed by atoms with Crippen LogP contribution < -0.4 is 0 Å². The van der Waals surface area contributed by atoms with E-state index in [0.717, 1.165) is 31.1 Å². The standard InChI is InChI=1S/C20H26BrFO2/c1-18(11-23)10-16(22)20(21)15(17(18)12-3-4-12)6-5-13-9-14(24)7-8-19(13,20)2/h9,11-12,15-17H,3-8,10H2,1-2H3/t15?,16-,17?,18+,19-,20?/m0/s1. The fourth-order valence-electron chi connectivity index (χ4n) is 6.27. The summed E-state index contributed by atoms with van der Waals surface area (Å²) < 4.78 is 15.0. The molecule has 132 valence electrons. The van der Waals surface area contributed by atoms with E-state index < -0.39 is 15.9 Å². The zero-order valence-corrected chi connectivity index (χ0v) is 16.1. The predicted molar refractivity (Wildman–Crippen MR) is 94.7 cm³/mol. The third-order valence-corrected chi connectivity index (χ3v) is 9.65. The molecule has 6 atom stereocenters. The number of rotatable bonds is 2. The van der Waals surface area contributed by atoms with Gasteiger partial charge in [-0.15, -0.1) is 0 Å².